The topological polar surface area (TPSA) is 95.9 Å². The van der Waals surface area contributed by atoms with Crippen molar-refractivity contribution in [3.05, 3.63) is 65.7 Å². The third-order valence-electron chi connectivity index (χ3n) is 3.50. The predicted octanol–water partition coefficient (Wildman–Crippen LogP) is 3.51. The van der Waals surface area contributed by atoms with Crippen molar-refractivity contribution in [2.24, 2.45) is 0 Å². The van der Waals surface area contributed by atoms with Gasteiger partial charge in [0.2, 0.25) is 0 Å². The van der Waals surface area contributed by atoms with Crippen LogP contribution in [0.3, 0.4) is 0 Å². The normalized spacial score (nSPS) is 10.6. The number of benzene rings is 2. The van der Waals surface area contributed by atoms with Gasteiger partial charge in [-0.1, -0.05) is 42.5 Å². The number of rotatable bonds is 9. The first-order valence-electron chi connectivity index (χ1n) is 8.67. The Morgan fingerprint density at radius 3 is 2.14 bits per heavy atom. The van der Waals surface area contributed by atoms with E-state index in [-0.39, 0.29) is 6.42 Å². The molecule has 0 bridgehead atoms. The predicted molar refractivity (Wildman–Crippen MR) is 99.7 cm³/mol. The molecule has 0 aromatic heterocycles. The van der Waals surface area contributed by atoms with E-state index in [1.807, 2.05) is 54.6 Å². The number of alkyl halides is 3. The van der Waals surface area contributed by atoms with E-state index in [0.29, 0.717) is 13.2 Å². The summed E-state index contributed by atoms with van der Waals surface area (Å²) < 4.78 is 37.5. The molecule has 2 aromatic rings. The van der Waals surface area contributed by atoms with Gasteiger partial charge in [-0.2, -0.15) is 13.2 Å². The molecule has 0 saturated heterocycles. The maximum absolute atomic E-state index is 10.6. The highest BCUT2D eigenvalue weighted by Crippen LogP contribution is 2.15. The summed E-state index contributed by atoms with van der Waals surface area (Å²) in [5.74, 6) is -2.68. The molecule has 158 valence electrons. The molecule has 0 unspecified atom stereocenters. The fourth-order valence-corrected chi connectivity index (χ4v) is 2.08. The number of hydrogen-bond donors (Lipinski definition) is 3. The van der Waals surface area contributed by atoms with Gasteiger partial charge in [-0.05, 0) is 36.2 Å². The quantitative estimate of drug-likeness (QED) is 0.545. The summed E-state index contributed by atoms with van der Waals surface area (Å²) in [5.41, 5.74) is 2.32. The van der Waals surface area contributed by atoms with Crippen LogP contribution in [0.5, 0.6) is 5.75 Å². The Labute approximate surface area is 165 Å². The second-order valence-electron chi connectivity index (χ2n) is 5.87. The summed E-state index contributed by atoms with van der Waals surface area (Å²) >= 11 is 0. The van der Waals surface area contributed by atoms with E-state index in [1.54, 1.807) is 0 Å². The van der Waals surface area contributed by atoms with E-state index in [2.05, 4.69) is 5.32 Å². The van der Waals surface area contributed by atoms with Crippen molar-refractivity contribution in [1.29, 1.82) is 0 Å². The Morgan fingerprint density at radius 1 is 0.931 bits per heavy atom. The lowest BCUT2D eigenvalue weighted by atomic mass is 10.1. The molecule has 2 aromatic carbocycles. The summed E-state index contributed by atoms with van der Waals surface area (Å²) in [5, 5.41) is 18.8. The van der Waals surface area contributed by atoms with E-state index in [0.717, 1.165) is 24.3 Å². The average Bonchev–Trinajstić information content (AvgIpc) is 2.67. The van der Waals surface area contributed by atoms with Crippen molar-refractivity contribution in [2.45, 2.75) is 25.6 Å². The van der Waals surface area contributed by atoms with Crippen molar-refractivity contribution in [3.8, 4) is 5.75 Å². The summed E-state index contributed by atoms with van der Waals surface area (Å²) in [4.78, 5) is 19.3. The maximum Gasteiger partial charge on any atom is 0.490 e. The minimum Gasteiger partial charge on any atom is -0.489 e. The smallest absolute Gasteiger partial charge is 0.489 e. The molecule has 0 atom stereocenters. The highest BCUT2D eigenvalue weighted by molar-refractivity contribution is 5.73. The number of hydrogen-bond acceptors (Lipinski definition) is 4. The van der Waals surface area contributed by atoms with Crippen LogP contribution in [0.15, 0.2) is 54.6 Å². The van der Waals surface area contributed by atoms with Crippen LogP contribution in [0, 0.1) is 0 Å². The van der Waals surface area contributed by atoms with Crippen LogP contribution in [0.25, 0.3) is 0 Å². The lowest BCUT2D eigenvalue weighted by Crippen LogP contribution is -2.21. The first-order chi connectivity index (χ1) is 13.7. The van der Waals surface area contributed by atoms with Gasteiger partial charge >= 0.3 is 18.1 Å². The Balaban J connectivity index is 0.000000516. The van der Waals surface area contributed by atoms with Crippen LogP contribution in [0.2, 0.25) is 0 Å². The number of halogens is 3. The first kappa shape index (κ1) is 24.0. The van der Waals surface area contributed by atoms with Gasteiger partial charge in [-0.25, -0.2) is 4.79 Å². The summed E-state index contributed by atoms with van der Waals surface area (Å²) in [7, 11) is 0. The van der Waals surface area contributed by atoms with Crippen LogP contribution < -0.4 is 10.1 Å². The molecule has 0 spiro atoms. The molecule has 2 rings (SSSR count). The zero-order valence-electron chi connectivity index (χ0n) is 15.5. The van der Waals surface area contributed by atoms with Crippen LogP contribution in [-0.4, -0.2) is 41.4 Å². The minimum absolute atomic E-state index is 0.153. The number of ether oxygens (including phenoxy) is 1. The second-order valence-corrected chi connectivity index (χ2v) is 5.87. The van der Waals surface area contributed by atoms with Gasteiger partial charge in [-0.15, -0.1) is 0 Å². The van der Waals surface area contributed by atoms with Gasteiger partial charge in [-0.3, -0.25) is 4.79 Å². The number of carbonyl (C=O) groups is 2. The number of carboxylic acids is 2. The molecular formula is C20H22F3NO5. The summed E-state index contributed by atoms with van der Waals surface area (Å²) in [6, 6.07) is 18.1. The van der Waals surface area contributed by atoms with Crippen LogP contribution in [0.1, 0.15) is 17.5 Å². The third-order valence-corrected chi connectivity index (χ3v) is 3.50. The van der Waals surface area contributed by atoms with Gasteiger partial charge in [0, 0.05) is 6.54 Å². The highest BCUT2D eigenvalue weighted by atomic mass is 19.4. The van der Waals surface area contributed by atoms with Gasteiger partial charge in [0.05, 0.1) is 6.42 Å². The maximum atomic E-state index is 10.6. The van der Waals surface area contributed by atoms with Crippen molar-refractivity contribution in [3.63, 3.8) is 0 Å². The van der Waals surface area contributed by atoms with Gasteiger partial charge in [0.1, 0.15) is 12.4 Å². The Morgan fingerprint density at radius 2 is 1.55 bits per heavy atom. The zero-order valence-corrected chi connectivity index (χ0v) is 15.5. The third kappa shape index (κ3) is 11.4. The highest BCUT2D eigenvalue weighted by Gasteiger charge is 2.38. The number of nitrogens with one attached hydrogen (secondary N) is 1. The van der Waals surface area contributed by atoms with E-state index in [9.17, 15) is 18.0 Å². The summed E-state index contributed by atoms with van der Waals surface area (Å²) in [6.45, 7) is 1.82. The van der Waals surface area contributed by atoms with Crippen LogP contribution in [-0.2, 0) is 22.6 Å². The second kappa shape index (κ2) is 12.4. The molecule has 3 N–H and O–H groups in total. The Kier molecular flexibility index (Phi) is 10.2. The fourth-order valence-electron chi connectivity index (χ4n) is 2.08. The van der Waals surface area contributed by atoms with Crippen LogP contribution >= 0.6 is 0 Å². The molecule has 0 aliphatic rings. The Bertz CT molecular complexity index is 766. The molecule has 0 saturated carbocycles. The molecule has 0 radical (unpaired) electrons. The standard InChI is InChI=1S/C18H21NO3.C2HF3O2/c20-18(21)10-12-19-11-9-15-7-4-8-17(13-15)22-14-16-5-2-1-3-6-16;3-2(4,5)1(6)7/h1-8,13,19H,9-12,14H2,(H,20,21);(H,6,7). The molecule has 0 aliphatic carbocycles. The number of aliphatic carboxylic acids is 2. The zero-order chi connectivity index (χ0) is 21.7. The van der Waals surface area contributed by atoms with Crippen molar-refractivity contribution < 1.29 is 37.7 Å². The van der Waals surface area contributed by atoms with Gasteiger partial charge in [0.25, 0.3) is 0 Å². The number of carboxylic acid groups (broad SMARTS) is 2. The van der Waals surface area contributed by atoms with Gasteiger partial charge < -0.3 is 20.3 Å². The molecule has 6 nitrogen and oxygen atoms in total. The molecule has 9 heteroatoms. The minimum atomic E-state index is -5.08. The largest absolute Gasteiger partial charge is 0.490 e. The van der Waals surface area contributed by atoms with E-state index >= 15 is 0 Å². The van der Waals surface area contributed by atoms with Crippen LogP contribution in [0.4, 0.5) is 13.2 Å². The lowest BCUT2D eigenvalue weighted by molar-refractivity contribution is -0.192. The molecule has 0 amide bonds. The summed E-state index contributed by atoms with van der Waals surface area (Å²) in [6.07, 6.45) is -4.08. The fraction of sp³-hybridized carbons (Fsp3) is 0.300. The Hall–Kier alpha value is -3.07. The average molecular weight is 413 g/mol. The molecule has 29 heavy (non-hydrogen) atoms. The first-order valence-corrected chi connectivity index (χ1v) is 8.67. The molecule has 0 fully saturated rings. The van der Waals surface area contributed by atoms with Crippen molar-refractivity contribution in [1.82, 2.24) is 5.32 Å². The van der Waals surface area contributed by atoms with E-state index in [1.165, 1.54) is 5.56 Å². The molecular weight excluding hydrogens is 391 g/mol. The monoisotopic (exact) mass is 413 g/mol. The molecule has 0 aliphatic heterocycles. The van der Waals surface area contributed by atoms with Crippen molar-refractivity contribution in [2.75, 3.05) is 13.1 Å². The van der Waals surface area contributed by atoms with E-state index in [4.69, 9.17) is 19.7 Å². The molecule has 0 heterocycles. The SMILES string of the molecule is O=C(O)C(F)(F)F.O=C(O)CCNCCc1cccc(OCc2ccccc2)c1. The van der Waals surface area contributed by atoms with Crippen molar-refractivity contribution >= 4 is 11.9 Å². The lowest BCUT2D eigenvalue weighted by Gasteiger charge is -2.08. The van der Waals surface area contributed by atoms with Gasteiger partial charge in [0.15, 0.2) is 0 Å². The van der Waals surface area contributed by atoms with E-state index < -0.39 is 18.1 Å².